The molecule has 0 aromatic heterocycles. The van der Waals surface area contributed by atoms with E-state index in [1.54, 1.807) is 0 Å². The highest BCUT2D eigenvalue weighted by atomic mass is 15.2. The van der Waals surface area contributed by atoms with E-state index < -0.39 is 0 Å². The van der Waals surface area contributed by atoms with E-state index in [1.165, 1.54) is 29.8 Å². The predicted molar refractivity (Wildman–Crippen MR) is 97.9 cm³/mol. The Hall–Kier alpha value is -1.96. The Morgan fingerprint density at radius 1 is 1.00 bits per heavy atom. The van der Waals surface area contributed by atoms with Crippen LogP contribution in [0.1, 0.15) is 38.3 Å². The quantitative estimate of drug-likeness (QED) is 0.846. The van der Waals surface area contributed by atoms with Crippen LogP contribution in [-0.4, -0.2) is 12.6 Å². The van der Waals surface area contributed by atoms with Crippen molar-refractivity contribution in [2.45, 2.75) is 38.8 Å². The van der Waals surface area contributed by atoms with Gasteiger partial charge in [0.25, 0.3) is 0 Å². The van der Waals surface area contributed by atoms with Gasteiger partial charge in [-0.25, -0.2) is 0 Å². The summed E-state index contributed by atoms with van der Waals surface area (Å²) in [6.45, 7) is 5.83. The number of nitrogens with one attached hydrogen (secondary N) is 1. The third kappa shape index (κ3) is 2.60. The molecule has 0 saturated heterocycles. The van der Waals surface area contributed by atoms with Crippen LogP contribution in [0.2, 0.25) is 0 Å². The van der Waals surface area contributed by atoms with E-state index in [0.29, 0.717) is 18.0 Å². The summed E-state index contributed by atoms with van der Waals surface area (Å²) >= 11 is 0. The maximum absolute atomic E-state index is 3.82. The van der Waals surface area contributed by atoms with Crippen molar-refractivity contribution in [3.63, 3.8) is 0 Å². The third-order valence-electron chi connectivity index (χ3n) is 5.55. The molecule has 2 aliphatic rings. The number of rotatable bonds is 4. The largest absolute Gasteiger partial charge is 0.378 e. The summed E-state index contributed by atoms with van der Waals surface area (Å²) in [6.07, 6.45) is 2.79. The minimum atomic E-state index is 0.391. The molecule has 1 saturated carbocycles. The molecule has 1 aliphatic carbocycles. The fraction of sp³-hybridized carbons (Fsp3) is 0.429. The highest BCUT2D eigenvalue weighted by Gasteiger charge is 2.45. The number of anilines is 2. The molecule has 1 aliphatic heterocycles. The molecule has 1 N–H and O–H groups in total. The highest BCUT2D eigenvalue weighted by molar-refractivity contribution is 5.61. The van der Waals surface area contributed by atoms with Gasteiger partial charge in [0, 0.05) is 29.9 Å². The number of hydrogen-bond donors (Lipinski definition) is 1. The topological polar surface area (TPSA) is 15.3 Å². The third-order valence-corrected chi connectivity index (χ3v) is 5.55. The summed E-state index contributed by atoms with van der Waals surface area (Å²) in [5, 5.41) is 3.82. The summed E-state index contributed by atoms with van der Waals surface area (Å²) in [4.78, 5) is 2.65. The van der Waals surface area contributed by atoms with Crippen LogP contribution in [0.25, 0.3) is 0 Å². The summed E-state index contributed by atoms with van der Waals surface area (Å²) in [6, 6.07) is 20.7. The van der Waals surface area contributed by atoms with E-state index in [2.05, 4.69) is 78.7 Å². The first-order valence-electron chi connectivity index (χ1n) is 8.96. The summed E-state index contributed by atoms with van der Waals surface area (Å²) < 4.78 is 0. The van der Waals surface area contributed by atoms with Crippen LogP contribution >= 0.6 is 0 Å². The van der Waals surface area contributed by atoms with E-state index in [0.717, 1.165) is 12.5 Å². The Morgan fingerprint density at radius 3 is 2.39 bits per heavy atom. The van der Waals surface area contributed by atoms with Gasteiger partial charge in [-0.2, -0.15) is 0 Å². The van der Waals surface area contributed by atoms with E-state index in [9.17, 15) is 0 Å². The Labute approximate surface area is 139 Å². The normalized spacial score (nSPS) is 26.7. The average Bonchev–Trinajstić information content (AvgIpc) is 3.42. The van der Waals surface area contributed by atoms with Crippen LogP contribution in [0.5, 0.6) is 0 Å². The van der Waals surface area contributed by atoms with Gasteiger partial charge in [0.05, 0.1) is 6.04 Å². The van der Waals surface area contributed by atoms with Gasteiger partial charge >= 0.3 is 0 Å². The van der Waals surface area contributed by atoms with Crippen LogP contribution in [0.15, 0.2) is 54.6 Å². The number of nitrogens with zero attached hydrogens (tertiary/aromatic N) is 1. The van der Waals surface area contributed by atoms with Gasteiger partial charge in [-0.1, -0.05) is 43.3 Å². The Kier molecular flexibility index (Phi) is 3.76. The summed E-state index contributed by atoms with van der Waals surface area (Å²) in [5.74, 6) is 1.48. The van der Waals surface area contributed by atoms with Crippen LogP contribution in [0.3, 0.4) is 0 Å². The lowest BCUT2D eigenvalue weighted by molar-refractivity contribution is 0.332. The lowest BCUT2D eigenvalue weighted by atomic mass is 9.80. The van der Waals surface area contributed by atoms with Crippen LogP contribution < -0.4 is 10.2 Å². The molecule has 4 rings (SSSR count). The second-order valence-electron chi connectivity index (χ2n) is 7.02. The van der Waals surface area contributed by atoms with Crippen LogP contribution in [0, 0.1) is 11.8 Å². The molecule has 2 nitrogen and oxygen atoms in total. The highest BCUT2D eigenvalue weighted by Crippen LogP contribution is 2.49. The minimum Gasteiger partial charge on any atom is -0.378 e. The molecule has 0 radical (unpaired) electrons. The lowest BCUT2D eigenvalue weighted by Crippen LogP contribution is -2.49. The fourth-order valence-electron chi connectivity index (χ4n) is 4.36. The smallest absolute Gasteiger partial charge is 0.0579 e. The van der Waals surface area contributed by atoms with Crippen molar-refractivity contribution in [3.05, 3.63) is 60.2 Å². The molecule has 0 amide bonds. The van der Waals surface area contributed by atoms with Gasteiger partial charge < -0.3 is 10.2 Å². The van der Waals surface area contributed by atoms with Gasteiger partial charge in [-0.05, 0) is 49.4 Å². The Balaban J connectivity index is 1.74. The maximum Gasteiger partial charge on any atom is 0.0579 e. The van der Waals surface area contributed by atoms with Gasteiger partial charge in [0.1, 0.15) is 0 Å². The monoisotopic (exact) mass is 306 g/mol. The van der Waals surface area contributed by atoms with Crippen LogP contribution in [-0.2, 0) is 0 Å². The zero-order valence-electron chi connectivity index (χ0n) is 14.1. The van der Waals surface area contributed by atoms with Crippen molar-refractivity contribution in [2.75, 3.05) is 16.8 Å². The zero-order valence-corrected chi connectivity index (χ0v) is 14.1. The maximum atomic E-state index is 3.82. The van der Waals surface area contributed by atoms with E-state index >= 15 is 0 Å². The minimum absolute atomic E-state index is 0.391. The molecule has 0 unspecified atom stereocenters. The summed E-state index contributed by atoms with van der Waals surface area (Å²) in [7, 11) is 0. The van der Waals surface area contributed by atoms with Crippen molar-refractivity contribution in [3.8, 4) is 0 Å². The first-order chi connectivity index (χ1) is 11.3. The molecule has 0 bridgehead atoms. The second kappa shape index (κ2) is 5.92. The van der Waals surface area contributed by atoms with Crippen molar-refractivity contribution < 1.29 is 0 Å². The predicted octanol–water partition coefficient (Wildman–Crippen LogP) is 5.09. The first-order valence-corrected chi connectivity index (χ1v) is 8.96. The van der Waals surface area contributed by atoms with Gasteiger partial charge in [0.2, 0.25) is 0 Å². The van der Waals surface area contributed by atoms with Crippen LogP contribution in [0.4, 0.5) is 11.4 Å². The number of hydrogen-bond acceptors (Lipinski definition) is 2. The standard InChI is InChI=1S/C21H26N2/c1-3-23-19-12-8-7-11-18(19)20(15(2)21(23)16-13-14-16)22-17-9-5-4-6-10-17/h4-12,15-16,20-22H,3,13-14H2,1-2H3/t15-,20-,21-/m0/s1. The molecule has 2 heteroatoms. The number of benzene rings is 2. The fourth-order valence-corrected chi connectivity index (χ4v) is 4.36. The van der Waals surface area contributed by atoms with Gasteiger partial charge in [0.15, 0.2) is 0 Å². The van der Waals surface area contributed by atoms with E-state index in [-0.39, 0.29) is 0 Å². The molecule has 0 spiro atoms. The van der Waals surface area contributed by atoms with Gasteiger partial charge in [-0.15, -0.1) is 0 Å². The second-order valence-corrected chi connectivity index (χ2v) is 7.02. The molecule has 1 heterocycles. The molecule has 2 aromatic rings. The number of fused-ring (bicyclic) bond motifs is 1. The molecule has 2 aromatic carbocycles. The number of para-hydroxylation sites is 2. The van der Waals surface area contributed by atoms with Gasteiger partial charge in [-0.3, -0.25) is 0 Å². The lowest BCUT2D eigenvalue weighted by Gasteiger charge is -2.47. The zero-order chi connectivity index (χ0) is 15.8. The van der Waals surface area contributed by atoms with Crippen molar-refractivity contribution in [2.24, 2.45) is 11.8 Å². The molecule has 3 atom stereocenters. The SMILES string of the molecule is CCN1c2ccccc2[C@@H](Nc2ccccc2)[C@H](C)[C@H]1C1CC1. The van der Waals surface area contributed by atoms with E-state index in [1.807, 2.05) is 0 Å². The van der Waals surface area contributed by atoms with E-state index in [4.69, 9.17) is 0 Å². The first kappa shape index (κ1) is 14.6. The molecular formula is C21H26N2. The van der Waals surface area contributed by atoms with Crippen molar-refractivity contribution >= 4 is 11.4 Å². The molecule has 1 fully saturated rings. The Bertz CT molecular complexity index is 663. The molecular weight excluding hydrogens is 280 g/mol. The molecule has 23 heavy (non-hydrogen) atoms. The molecule has 120 valence electrons. The summed E-state index contributed by atoms with van der Waals surface area (Å²) in [5.41, 5.74) is 4.10. The van der Waals surface area contributed by atoms with Crippen molar-refractivity contribution in [1.29, 1.82) is 0 Å². The van der Waals surface area contributed by atoms with Crippen molar-refractivity contribution in [1.82, 2.24) is 0 Å². The average molecular weight is 306 g/mol. The Morgan fingerprint density at radius 2 is 1.70 bits per heavy atom.